The van der Waals surface area contributed by atoms with E-state index in [0.29, 0.717) is 18.1 Å². The minimum absolute atomic E-state index is 0.0565. The predicted molar refractivity (Wildman–Crippen MR) is 97.5 cm³/mol. The van der Waals surface area contributed by atoms with Crippen LogP contribution in [-0.4, -0.2) is 24.3 Å². The summed E-state index contributed by atoms with van der Waals surface area (Å²) in [6, 6.07) is 0. The third-order valence-corrected chi connectivity index (χ3v) is 3.68. The summed E-state index contributed by atoms with van der Waals surface area (Å²) in [6.45, 7) is 23.3. The van der Waals surface area contributed by atoms with Gasteiger partial charge in [-0.1, -0.05) is 41.5 Å². The van der Waals surface area contributed by atoms with Gasteiger partial charge in [0.1, 0.15) is 0 Å². The minimum Gasteiger partial charge on any atom is -0.465 e. The zero-order valence-corrected chi connectivity index (χ0v) is 17.4. The lowest BCUT2D eigenvalue weighted by atomic mass is 9.87. The van der Waals surface area contributed by atoms with E-state index in [1.807, 2.05) is 41.5 Å². The topological polar surface area (TPSA) is 35.5 Å². The Hall–Kier alpha value is -0.570. The van der Waals surface area contributed by atoms with Gasteiger partial charge < -0.3 is 9.47 Å². The molecule has 0 spiro atoms. The van der Waals surface area contributed by atoms with Gasteiger partial charge in [0.25, 0.3) is 0 Å². The number of rotatable bonds is 1. The van der Waals surface area contributed by atoms with Gasteiger partial charge in [0, 0.05) is 0 Å². The van der Waals surface area contributed by atoms with Gasteiger partial charge in [0.05, 0.1) is 23.7 Å². The second-order valence-corrected chi connectivity index (χ2v) is 10.7. The quantitative estimate of drug-likeness (QED) is 0.587. The Balaban J connectivity index is 0.000000422. The highest BCUT2D eigenvalue weighted by Crippen LogP contribution is 2.38. The molecule has 0 aromatic heterocycles. The van der Waals surface area contributed by atoms with Crippen molar-refractivity contribution in [3.63, 3.8) is 0 Å². The van der Waals surface area contributed by atoms with Crippen LogP contribution < -0.4 is 0 Å². The monoisotopic (exact) mass is 328 g/mol. The van der Waals surface area contributed by atoms with Crippen molar-refractivity contribution < 1.29 is 14.3 Å². The molecule has 3 nitrogen and oxygen atoms in total. The molecule has 1 saturated heterocycles. The first-order valence-corrected chi connectivity index (χ1v) is 8.79. The van der Waals surface area contributed by atoms with Crippen LogP contribution in [0.25, 0.3) is 0 Å². The number of esters is 1. The molecule has 1 heterocycles. The van der Waals surface area contributed by atoms with Crippen LogP contribution >= 0.6 is 0 Å². The molecule has 0 aliphatic carbocycles. The summed E-state index contributed by atoms with van der Waals surface area (Å²) in [5.74, 6) is -0.127. The zero-order chi connectivity index (χ0) is 18.7. The van der Waals surface area contributed by atoms with Crippen molar-refractivity contribution in [2.24, 2.45) is 16.2 Å². The highest BCUT2D eigenvalue weighted by atomic mass is 16.5. The highest BCUT2D eigenvalue weighted by molar-refractivity contribution is 5.75. The van der Waals surface area contributed by atoms with E-state index in [0.717, 1.165) is 0 Å². The molecule has 0 N–H and O–H groups in total. The Morgan fingerprint density at radius 1 is 1.04 bits per heavy atom. The first-order valence-electron chi connectivity index (χ1n) is 8.79. The van der Waals surface area contributed by atoms with Gasteiger partial charge in [-0.05, 0) is 58.3 Å². The summed E-state index contributed by atoms with van der Waals surface area (Å²) in [6.07, 6.45) is 2.88. The van der Waals surface area contributed by atoms with E-state index in [4.69, 9.17) is 9.47 Å². The van der Waals surface area contributed by atoms with Crippen molar-refractivity contribution in [3.05, 3.63) is 0 Å². The number of ether oxygens (including phenoxy) is 2. The molecule has 138 valence electrons. The summed E-state index contributed by atoms with van der Waals surface area (Å²) in [7, 11) is 0. The molecule has 0 amide bonds. The maximum Gasteiger partial charge on any atom is 0.311 e. The van der Waals surface area contributed by atoms with Gasteiger partial charge in [0.15, 0.2) is 0 Å². The van der Waals surface area contributed by atoms with Crippen LogP contribution in [-0.2, 0) is 14.3 Å². The van der Waals surface area contributed by atoms with Gasteiger partial charge in [-0.2, -0.15) is 0 Å². The molecular formula is C20H40O3. The van der Waals surface area contributed by atoms with E-state index in [-0.39, 0.29) is 22.4 Å². The Morgan fingerprint density at radius 3 is 1.74 bits per heavy atom. The lowest BCUT2D eigenvalue weighted by Crippen LogP contribution is -2.29. The van der Waals surface area contributed by atoms with E-state index >= 15 is 0 Å². The predicted octanol–water partition coefficient (Wildman–Crippen LogP) is 5.61. The van der Waals surface area contributed by atoms with E-state index < -0.39 is 0 Å². The zero-order valence-electron chi connectivity index (χ0n) is 17.4. The number of hydrogen-bond acceptors (Lipinski definition) is 3. The summed E-state index contributed by atoms with van der Waals surface area (Å²) < 4.78 is 11.0. The summed E-state index contributed by atoms with van der Waals surface area (Å²) in [5, 5.41) is 0. The number of hydrogen-bond donors (Lipinski definition) is 0. The van der Waals surface area contributed by atoms with Crippen LogP contribution in [0.4, 0.5) is 0 Å². The van der Waals surface area contributed by atoms with Gasteiger partial charge in [-0.3, -0.25) is 4.79 Å². The molecule has 1 atom stereocenters. The van der Waals surface area contributed by atoms with Crippen LogP contribution in [0.5, 0.6) is 0 Å². The van der Waals surface area contributed by atoms with Crippen LogP contribution in [0.15, 0.2) is 0 Å². The van der Waals surface area contributed by atoms with Crippen molar-refractivity contribution in [1.82, 2.24) is 0 Å². The second-order valence-electron chi connectivity index (χ2n) is 10.7. The molecule has 1 aliphatic heterocycles. The second kappa shape index (κ2) is 7.55. The summed E-state index contributed by atoms with van der Waals surface area (Å²) >= 11 is 0. The van der Waals surface area contributed by atoms with Crippen molar-refractivity contribution in [2.45, 2.75) is 101 Å². The minimum atomic E-state index is -0.384. The fraction of sp³-hybridized carbons (Fsp3) is 0.950. The average molecular weight is 329 g/mol. The lowest BCUT2D eigenvalue weighted by Gasteiger charge is -2.29. The third-order valence-electron chi connectivity index (χ3n) is 3.68. The summed E-state index contributed by atoms with van der Waals surface area (Å²) in [4.78, 5) is 11.3. The van der Waals surface area contributed by atoms with Crippen LogP contribution in [0.2, 0.25) is 0 Å². The largest absolute Gasteiger partial charge is 0.465 e. The standard InChI is InChI=1S/C10H20O2.C10H20O/c1-9(2,3)7-12-8(11)10(4,5)6;1-9(2,3)8-6-7-10(4,5)11-8/h7H2,1-6H3;8H,6-7H2,1-5H3. The molecular weight excluding hydrogens is 288 g/mol. The Kier molecular flexibility index (Phi) is 7.36. The Labute approximate surface area is 144 Å². The average Bonchev–Trinajstić information content (AvgIpc) is 2.65. The fourth-order valence-corrected chi connectivity index (χ4v) is 2.09. The van der Waals surface area contributed by atoms with Crippen molar-refractivity contribution in [1.29, 1.82) is 0 Å². The van der Waals surface area contributed by atoms with E-state index in [9.17, 15) is 4.79 Å². The van der Waals surface area contributed by atoms with Crippen LogP contribution in [0.1, 0.15) is 89.0 Å². The van der Waals surface area contributed by atoms with E-state index in [2.05, 4.69) is 34.6 Å². The molecule has 1 unspecified atom stereocenters. The molecule has 1 aliphatic rings. The van der Waals surface area contributed by atoms with Gasteiger partial charge in [0.2, 0.25) is 0 Å². The molecule has 1 rings (SSSR count). The van der Waals surface area contributed by atoms with Crippen molar-refractivity contribution in [2.75, 3.05) is 6.61 Å². The van der Waals surface area contributed by atoms with Crippen molar-refractivity contribution in [3.8, 4) is 0 Å². The van der Waals surface area contributed by atoms with Gasteiger partial charge in [-0.15, -0.1) is 0 Å². The Morgan fingerprint density at radius 2 is 1.52 bits per heavy atom. The first-order chi connectivity index (χ1) is 9.94. The van der Waals surface area contributed by atoms with Crippen molar-refractivity contribution >= 4 is 5.97 Å². The smallest absolute Gasteiger partial charge is 0.311 e. The highest BCUT2D eigenvalue weighted by Gasteiger charge is 2.37. The molecule has 0 bridgehead atoms. The maximum absolute atomic E-state index is 11.3. The number of carbonyl (C=O) groups is 1. The van der Waals surface area contributed by atoms with E-state index in [1.165, 1.54) is 12.8 Å². The first kappa shape index (κ1) is 22.4. The van der Waals surface area contributed by atoms with Gasteiger partial charge >= 0.3 is 5.97 Å². The summed E-state index contributed by atoms with van der Waals surface area (Å²) in [5.41, 5.74) is 0.109. The molecule has 0 saturated carbocycles. The van der Waals surface area contributed by atoms with Crippen LogP contribution in [0.3, 0.4) is 0 Å². The number of carbonyl (C=O) groups excluding carboxylic acids is 1. The Bertz CT molecular complexity index is 375. The normalized spacial score (nSPS) is 21.4. The molecule has 1 fully saturated rings. The van der Waals surface area contributed by atoms with Gasteiger partial charge in [-0.25, -0.2) is 0 Å². The molecule has 0 aromatic carbocycles. The molecule has 0 radical (unpaired) electrons. The SMILES string of the molecule is CC(C)(C)COC(=O)C(C)(C)C.CC1(C)CCC(C(C)(C)C)O1. The lowest BCUT2D eigenvalue weighted by molar-refractivity contribution is -0.155. The van der Waals surface area contributed by atoms with Crippen LogP contribution in [0, 0.1) is 16.2 Å². The fourth-order valence-electron chi connectivity index (χ4n) is 2.09. The molecule has 23 heavy (non-hydrogen) atoms. The van der Waals surface area contributed by atoms with E-state index in [1.54, 1.807) is 0 Å². The molecule has 3 heteroatoms. The molecule has 0 aromatic rings. The maximum atomic E-state index is 11.3. The third kappa shape index (κ3) is 10.0.